The lowest BCUT2D eigenvalue weighted by atomic mass is 9.95. The SMILES string of the molecule is COC1(C)CCCN(c2ncc(N)cc2Cl)C1. The number of hydrogen-bond acceptors (Lipinski definition) is 4. The number of rotatable bonds is 2. The number of nitrogens with two attached hydrogens (primary N) is 1. The van der Waals surface area contributed by atoms with E-state index in [9.17, 15) is 0 Å². The zero-order valence-electron chi connectivity index (χ0n) is 10.2. The minimum absolute atomic E-state index is 0.120. The summed E-state index contributed by atoms with van der Waals surface area (Å²) in [5, 5.41) is 0.602. The van der Waals surface area contributed by atoms with E-state index in [4.69, 9.17) is 22.1 Å². The molecule has 1 unspecified atom stereocenters. The Kier molecular flexibility index (Phi) is 3.45. The Balaban J connectivity index is 2.22. The monoisotopic (exact) mass is 255 g/mol. The first-order valence-corrected chi connectivity index (χ1v) is 6.13. The van der Waals surface area contributed by atoms with Gasteiger partial charge in [0.1, 0.15) is 5.82 Å². The van der Waals surface area contributed by atoms with Crippen LogP contribution in [0, 0.1) is 0 Å². The molecule has 17 heavy (non-hydrogen) atoms. The van der Waals surface area contributed by atoms with Crippen LogP contribution in [0.1, 0.15) is 19.8 Å². The third-order valence-corrected chi connectivity index (χ3v) is 3.57. The third kappa shape index (κ3) is 2.64. The van der Waals surface area contributed by atoms with Crippen LogP contribution < -0.4 is 10.6 Å². The quantitative estimate of drug-likeness (QED) is 0.881. The first-order valence-electron chi connectivity index (χ1n) is 5.75. The standard InChI is InChI=1S/C12H18ClN3O/c1-12(17-2)4-3-5-16(8-12)11-10(13)6-9(14)7-15-11/h6-7H,3-5,8,14H2,1-2H3. The molecule has 94 valence electrons. The lowest BCUT2D eigenvalue weighted by Crippen LogP contribution is -2.47. The van der Waals surface area contributed by atoms with Gasteiger partial charge in [0.05, 0.1) is 22.5 Å². The van der Waals surface area contributed by atoms with Gasteiger partial charge in [0.2, 0.25) is 0 Å². The summed E-state index contributed by atoms with van der Waals surface area (Å²) in [6.07, 6.45) is 3.78. The Bertz CT molecular complexity index is 413. The molecule has 0 amide bonds. The average Bonchev–Trinajstić information content (AvgIpc) is 2.29. The minimum Gasteiger partial charge on any atom is -0.397 e. The number of aromatic nitrogens is 1. The van der Waals surface area contributed by atoms with Crippen molar-refractivity contribution in [2.24, 2.45) is 0 Å². The van der Waals surface area contributed by atoms with Crippen molar-refractivity contribution in [1.82, 2.24) is 4.98 Å². The summed E-state index contributed by atoms with van der Waals surface area (Å²) in [5.74, 6) is 0.795. The highest BCUT2D eigenvalue weighted by Crippen LogP contribution is 2.31. The summed E-state index contributed by atoms with van der Waals surface area (Å²) in [5.41, 5.74) is 6.11. The Morgan fingerprint density at radius 1 is 1.59 bits per heavy atom. The molecule has 1 fully saturated rings. The van der Waals surface area contributed by atoms with Gasteiger partial charge in [0.15, 0.2) is 0 Å². The molecule has 1 saturated heterocycles. The fourth-order valence-corrected chi connectivity index (χ4v) is 2.53. The van der Waals surface area contributed by atoms with Crippen LogP contribution in [0.4, 0.5) is 11.5 Å². The van der Waals surface area contributed by atoms with Crippen LogP contribution in [0.25, 0.3) is 0 Å². The van der Waals surface area contributed by atoms with E-state index in [0.29, 0.717) is 10.7 Å². The van der Waals surface area contributed by atoms with Gasteiger partial charge in [-0.1, -0.05) is 11.6 Å². The second-order valence-corrected chi connectivity index (χ2v) is 5.16. The summed E-state index contributed by atoms with van der Waals surface area (Å²) in [7, 11) is 1.75. The summed E-state index contributed by atoms with van der Waals surface area (Å²) >= 11 is 6.17. The van der Waals surface area contributed by atoms with E-state index in [1.54, 1.807) is 19.4 Å². The molecule has 2 rings (SSSR count). The van der Waals surface area contributed by atoms with Crippen LogP contribution in [-0.2, 0) is 4.74 Å². The molecule has 0 aliphatic carbocycles. The van der Waals surface area contributed by atoms with Crippen LogP contribution in [0.15, 0.2) is 12.3 Å². The van der Waals surface area contributed by atoms with Crippen molar-refractivity contribution in [2.75, 3.05) is 30.8 Å². The lowest BCUT2D eigenvalue weighted by Gasteiger charge is -2.40. The number of hydrogen-bond donors (Lipinski definition) is 1. The molecule has 0 spiro atoms. The highest BCUT2D eigenvalue weighted by atomic mass is 35.5. The van der Waals surface area contributed by atoms with Gasteiger partial charge in [-0.05, 0) is 25.8 Å². The van der Waals surface area contributed by atoms with Crippen LogP contribution in [-0.4, -0.2) is 30.8 Å². The lowest BCUT2D eigenvalue weighted by molar-refractivity contribution is -0.00480. The van der Waals surface area contributed by atoms with Crippen LogP contribution >= 0.6 is 11.6 Å². The molecule has 0 bridgehead atoms. The second-order valence-electron chi connectivity index (χ2n) is 4.75. The Hall–Kier alpha value is -1.00. The fraction of sp³-hybridized carbons (Fsp3) is 0.583. The van der Waals surface area contributed by atoms with Gasteiger partial charge in [-0.3, -0.25) is 0 Å². The van der Waals surface area contributed by atoms with Gasteiger partial charge in [-0.2, -0.15) is 0 Å². The molecule has 4 nitrogen and oxygen atoms in total. The maximum absolute atomic E-state index is 6.17. The van der Waals surface area contributed by atoms with Crippen LogP contribution in [0.5, 0.6) is 0 Å². The highest BCUT2D eigenvalue weighted by molar-refractivity contribution is 6.33. The largest absolute Gasteiger partial charge is 0.397 e. The second kappa shape index (κ2) is 4.70. The molecule has 2 N–H and O–H groups in total. The van der Waals surface area contributed by atoms with E-state index in [1.807, 2.05) is 0 Å². The average molecular weight is 256 g/mol. The first-order chi connectivity index (χ1) is 8.04. The van der Waals surface area contributed by atoms with Gasteiger partial charge in [-0.25, -0.2) is 4.98 Å². The number of halogens is 1. The normalized spacial score (nSPS) is 25.0. The number of pyridine rings is 1. The van der Waals surface area contributed by atoms with Gasteiger partial charge in [-0.15, -0.1) is 0 Å². The van der Waals surface area contributed by atoms with E-state index in [2.05, 4.69) is 16.8 Å². The maximum atomic E-state index is 6.17. The molecule has 1 aromatic rings. The fourth-order valence-electron chi connectivity index (χ4n) is 2.23. The van der Waals surface area contributed by atoms with Crippen molar-refractivity contribution in [2.45, 2.75) is 25.4 Å². The minimum atomic E-state index is -0.120. The molecule has 1 aliphatic heterocycles. The molecule has 1 aliphatic rings. The maximum Gasteiger partial charge on any atom is 0.147 e. The Labute approximate surface area is 107 Å². The first kappa shape index (κ1) is 12.5. The van der Waals surface area contributed by atoms with Crippen molar-refractivity contribution in [3.05, 3.63) is 17.3 Å². The Morgan fingerprint density at radius 2 is 2.35 bits per heavy atom. The zero-order valence-corrected chi connectivity index (χ0v) is 11.0. The van der Waals surface area contributed by atoms with Gasteiger partial charge >= 0.3 is 0 Å². The summed E-state index contributed by atoms with van der Waals surface area (Å²) < 4.78 is 5.56. The summed E-state index contributed by atoms with van der Waals surface area (Å²) in [6, 6.07) is 1.74. The van der Waals surface area contributed by atoms with Crippen LogP contribution in [0.2, 0.25) is 5.02 Å². The van der Waals surface area contributed by atoms with E-state index < -0.39 is 0 Å². The van der Waals surface area contributed by atoms with Crippen molar-refractivity contribution in [3.8, 4) is 0 Å². The van der Waals surface area contributed by atoms with Gasteiger partial charge in [0, 0.05) is 20.2 Å². The van der Waals surface area contributed by atoms with Crippen molar-refractivity contribution >= 4 is 23.1 Å². The Morgan fingerprint density at radius 3 is 3.00 bits per heavy atom. The van der Waals surface area contributed by atoms with Crippen LogP contribution in [0.3, 0.4) is 0 Å². The van der Waals surface area contributed by atoms with Crippen molar-refractivity contribution < 1.29 is 4.74 Å². The zero-order chi connectivity index (χ0) is 12.5. The number of nitrogens with zero attached hydrogens (tertiary/aromatic N) is 2. The molecule has 2 heterocycles. The molecule has 5 heteroatoms. The van der Waals surface area contributed by atoms with E-state index >= 15 is 0 Å². The molecular weight excluding hydrogens is 238 g/mol. The highest BCUT2D eigenvalue weighted by Gasteiger charge is 2.32. The molecule has 0 aromatic carbocycles. The molecule has 1 aromatic heterocycles. The molecule has 1 atom stereocenters. The molecule has 0 saturated carbocycles. The third-order valence-electron chi connectivity index (χ3n) is 3.29. The number of anilines is 2. The number of piperidine rings is 1. The van der Waals surface area contributed by atoms with Crippen molar-refractivity contribution in [3.63, 3.8) is 0 Å². The molecule has 0 radical (unpaired) electrons. The number of nitrogen functional groups attached to an aromatic ring is 1. The van der Waals surface area contributed by atoms with E-state index in [1.165, 1.54) is 0 Å². The predicted molar refractivity (Wildman–Crippen MR) is 70.5 cm³/mol. The smallest absolute Gasteiger partial charge is 0.147 e. The number of ether oxygens (including phenoxy) is 1. The van der Waals surface area contributed by atoms with Gasteiger partial charge in [0.25, 0.3) is 0 Å². The van der Waals surface area contributed by atoms with Crippen molar-refractivity contribution in [1.29, 1.82) is 0 Å². The van der Waals surface area contributed by atoms with E-state index in [-0.39, 0.29) is 5.60 Å². The predicted octanol–water partition coefficient (Wildman–Crippen LogP) is 2.32. The topological polar surface area (TPSA) is 51.4 Å². The van der Waals surface area contributed by atoms with E-state index in [0.717, 1.165) is 31.7 Å². The number of methoxy groups -OCH3 is 1. The molecular formula is C12H18ClN3O. The summed E-state index contributed by atoms with van der Waals surface area (Å²) in [6.45, 7) is 3.88. The summed E-state index contributed by atoms with van der Waals surface area (Å²) in [4.78, 5) is 6.48. The van der Waals surface area contributed by atoms with Gasteiger partial charge < -0.3 is 15.4 Å².